The number of nitrogens with one attached hydrogen (secondary N) is 2. The molecule has 19 heteroatoms. The van der Waals surface area contributed by atoms with Gasteiger partial charge in [-0.05, 0) is 159 Å². The van der Waals surface area contributed by atoms with Crippen LogP contribution in [0.5, 0.6) is 5.75 Å². The minimum atomic E-state index is -5.74. The Bertz CT molecular complexity index is 3300. The third-order valence-electron chi connectivity index (χ3n) is 14.1. The molecule has 2 saturated heterocycles. The average Bonchev–Trinajstić information content (AvgIpc) is 4.02. The number of carbonyl (C=O) groups excluding carboxylic acids is 2. The van der Waals surface area contributed by atoms with Crippen molar-refractivity contribution in [2.24, 2.45) is 0 Å². The lowest BCUT2D eigenvalue weighted by molar-refractivity contribution is -0.0436. The van der Waals surface area contributed by atoms with Gasteiger partial charge in [-0.2, -0.15) is 13.2 Å². The van der Waals surface area contributed by atoms with Crippen LogP contribution in [-0.4, -0.2) is 104 Å². The summed E-state index contributed by atoms with van der Waals surface area (Å²) in [6.07, 6.45) is 2.24. The molecule has 7 aromatic rings. The van der Waals surface area contributed by atoms with Gasteiger partial charge in [-0.25, -0.2) is 13.2 Å². The molecule has 2 aliphatic heterocycles. The molecule has 3 N–H and O–H groups in total. The fourth-order valence-electron chi connectivity index (χ4n) is 9.93. The molecular formula is C59H60ClF3N6O6S3. The number of likely N-dealkylation sites (tertiary alicyclic amines) is 1. The number of sulfone groups is 1. The van der Waals surface area contributed by atoms with Gasteiger partial charge in [0.25, 0.3) is 9.84 Å². The summed E-state index contributed by atoms with van der Waals surface area (Å²) in [4.78, 5) is 32.8. The summed E-state index contributed by atoms with van der Waals surface area (Å²) in [6, 6.07) is 43.2. The highest BCUT2D eigenvalue weighted by Crippen LogP contribution is 2.42. The molecule has 78 heavy (non-hydrogen) atoms. The van der Waals surface area contributed by atoms with Crippen molar-refractivity contribution in [3.8, 4) is 28.1 Å². The van der Waals surface area contributed by atoms with Crippen LogP contribution in [0.2, 0.25) is 5.02 Å². The number of halogens is 4. The number of esters is 1. The van der Waals surface area contributed by atoms with E-state index in [1.54, 1.807) is 42.1 Å². The predicted molar refractivity (Wildman–Crippen MR) is 308 cm³/mol. The number of ether oxygens (including phenoxy) is 1. The number of alkyl halides is 3. The van der Waals surface area contributed by atoms with Crippen LogP contribution in [0, 0.1) is 6.92 Å². The summed E-state index contributed by atoms with van der Waals surface area (Å²) in [5.74, 6) is 0.286. The maximum atomic E-state index is 14.3. The van der Waals surface area contributed by atoms with Crippen LogP contribution in [0.3, 0.4) is 0 Å². The Morgan fingerprint density at radius 1 is 0.808 bits per heavy atom. The maximum Gasteiger partial charge on any atom is 0.501 e. The number of aldehydes is 1. The molecule has 0 saturated carbocycles. The van der Waals surface area contributed by atoms with Crippen molar-refractivity contribution in [2.45, 2.75) is 72.0 Å². The van der Waals surface area contributed by atoms with E-state index in [1.165, 1.54) is 6.07 Å². The topological polar surface area (TPSA) is 136 Å². The van der Waals surface area contributed by atoms with E-state index >= 15 is 0 Å². The average molecular weight is 1140 g/mol. The SMILES string of the molecule is CCn1c(C)c(C(=O)Oc2ccc(C=O)cc2)c(-c2cccc(N3CCN(c4ccc(NSc5ccc(N[C@H](CCN6CCC(O)CC6)CSc6ccccc6)c(S(=O)(=O)C(F)(F)F)c5)cc4)CC3)c2)c1-c1ccc(Cl)cc1. The Morgan fingerprint density at radius 2 is 1.49 bits per heavy atom. The molecule has 2 aliphatic rings. The number of piperidine rings is 1. The van der Waals surface area contributed by atoms with Gasteiger partial charge in [-0.3, -0.25) is 4.79 Å². The van der Waals surface area contributed by atoms with Crippen LogP contribution in [0.1, 0.15) is 52.6 Å². The van der Waals surface area contributed by atoms with Crippen LogP contribution in [-0.2, 0) is 16.4 Å². The van der Waals surface area contributed by atoms with E-state index in [4.69, 9.17) is 16.3 Å². The van der Waals surface area contributed by atoms with Crippen LogP contribution >= 0.6 is 35.3 Å². The molecule has 12 nitrogen and oxygen atoms in total. The van der Waals surface area contributed by atoms with Gasteiger partial charge in [0, 0.05) is 113 Å². The van der Waals surface area contributed by atoms with Crippen molar-refractivity contribution in [3.05, 3.63) is 167 Å². The number of piperazine rings is 1. The Balaban J connectivity index is 0.876. The van der Waals surface area contributed by atoms with Crippen LogP contribution < -0.4 is 24.6 Å². The van der Waals surface area contributed by atoms with Gasteiger partial charge in [0.1, 0.15) is 16.9 Å². The molecule has 0 aliphatic carbocycles. The number of aliphatic hydroxyl groups excluding tert-OH is 1. The highest BCUT2D eigenvalue weighted by Gasteiger charge is 2.48. The number of thioether (sulfide) groups is 1. The molecule has 9 rings (SSSR count). The van der Waals surface area contributed by atoms with Crippen LogP contribution in [0.25, 0.3) is 22.4 Å². The van der Waals surface area contributed by atoms with Gasteiger partial charge >= 0.3 is 11.5 Å². The fraction of sp³-hybridized carbons (Fsp3) is 0.288. The number of hydrogen-bond acceptors (Lipinski definition) is 13. The van der Waals surface area contributed by atoms with E-state index in [-0.39, 0.29) is 22.7 Å². The second-order valence-electron chi connectivity index (χ2n) is 19.2. The summed E-state index contributed by atoms with van der Waals surface area (Å²) >= 11 is 8.91. The number of benzene rings is 6. The Labute approximate surface area is 467 Å². The maximum absolute atomic E-state index is 14.3. The van der Waals surface area contributed by atoms with Crippen molar-refractivity contribution < 1.29 is 41.0 Å². The molecule has 1 atom stereocenters. The standard InChI is InChI=1S/C59H60ClF3N6O6S3/c1-3-69-40(2)55(58(72)75-50-22-12-41(38-70)13-23-50)56(57(69)42-14-16-44(60)17-15-42)43-8-7-9-48(36-43)68-34-32-67(33-35-68)47-20-18-45(19-21-47)65-77-52-24-25-53(54(37-52)78(73,74)59(61,62)63)64-46(39-76-51-10-5-4-6-11-51)26-29-66-30-27-49(71)28-31-66/h4-25,36-38,46,49,64-65,71H,3,26-35,39H2,1-2H3/t46-/m1/s1. The van der Waals surface area contributed by atoms with Gasteiger partial charge < -0.3 is 39.1 Å². The molecule has 6 aromatic carbocycles. The smallest absolute Gasteiger partial charge is 0.423 e. The first-order chi connectivity index (χ1) is 37.6. The van der Waals surface area contributed by atoms with E-state index in [1.807, 2.05) is 105 Å². The summed E-state index contributed by atoms with van der Waals surface area (Å²) in [5.41, 5.74) is 2.00. The van der Waals surface area contributed by atoms with Gasteiger partial charge in [-0.1, -0.05) is 54.1 Å². The molecule has 3 heterocycles. The molecule has 0 spiro atoms. The number of rotatable bonds is 20. The van der Waals surface area contributed by atoms with Gasteiger partial charge in [0.2, 0.25) is 0 Å². The lowest BCUT2D eigenvalue weighted by Crippen LogP contribution is -2.46. The fourth-order valence-corrected chi connectivity index (χ4v) is 12.8. The van der Waals surface area contributed by atoms with Crippen LogP contribution in [0.4, 0.5) is 35.9 Å². The number of hydrogen-bond donors (Lipinski definition) is 3. The Morgan fingerprint density at radius 3 is 2.14 bits per heavy atom. The predicted octanol–water partition coefficient (Wildman–Crippen LogP) is 13.0. The van der Waals surface area contributed by atoms with E-state index in [0.717, 1.165) is 68.6 Å². The van der Waals surface area contributed by atoms with E-state index in [2.05, 4.69) is 41.4 Å². The molecule has 0 bridgehead atoms. The Kier molecular flexibility index (Phi) is 18.2. The van der Waals surface area contributed by atoms with Crippen LogP contribution in [0.15, 0.2) is 160 Å². The minimum absolute atomic E-state index is 0.112. The number of carbonyl (C=O) groups is 2. The van der Waals surface area contributed by atoms with Gasteiger partial charge in [0.05, 0.1) is 23.0 Å². The monoisotopic (exact) mass is 1140 g/mol. The number of nitrogens with zero attached hydrogens (tertiary/aromatic N) is 4. The van der Waals surface area contributed by atoms with E-state index in [9.17, 15) is 36.3 Å². The van der Waals surface area contributed by atoms with Crippen molar-refractivity contribution in [2.75, 3.05) is 71.4 Å². The number of anilines is 4. The molecule has 0 unspecified atom stereocenters. The zero-order chi connectivity index (χ0) is 55.0. The Hall–Kier alpha value is -6.41. The van der Waals surface area contributed by atoms with Gasteiger partial charge in [0.15, 0.2) is 0 Å². The summed E-state index contributed by atoms with van der Waals surface area (Å²) in [6.45, 7) is 9.41. The first kappa shape index (κ1) is 56.3. The number of aromatic nitrogens is 1. The zero-order valence-corrected chi connectivity index (χ0v) is 46.3. The quantitative estimate of drug-likeness (QED) is 0.0220. The minimum Gasteiger partial charge on any atom is -0.423 e. The van der Waals surface area contributed by atoms with Crippen molar-refractivity contribution in [1.82, 2.24) is 9.47 Å². The third-order valence-corrected chi connectivity index (χ3v) is 17.9. The zero-order valence-electron chi connectivity index (χ0n) is 43.1. The van der Waals surface area contributed by atoms with Crippen molar-refractivity contribution in [1.29, 1.82) is 0 Å². The second kappa shape index (κ2) is 25.1. The first-order valence-electron chi connectivity index (χ1n) is 25.8. The molecule has 2 fully saturated rings. The summed E-state index contributed by atoms with van der Waals surface area (Å²) in [7, 11) is -5.74. The number of aliphatic hydroxyl groups is 1. The first-order valence-corrected chi connectivity index (χ1v) is 29.4. The highest BCUT2D eigenvalue weighted by molar-refractivity contribution is 8.00. The lowest BCUT2D eigenvalue weighted by atomic mass is 9.96. The summed E-state index contributed by atoms with van der Waals surface area (Å²) in [5, 5.41) is 13.8. The lowest BCUT2D eigenvalue weighted by Gasteiger charge is -2.37. The molecule has 0 amide bonds. The largest absolute Gasteiger partial charge is 0.501 e. The third kappa shape index (κ3) is 13.4. The molecule has 0 radical (unpaired) electrons. The second-order valence-corrected chi connectivity index (χ2v) is 23.5. The van der Waals surface area contributed by atoms with Crippen molar-refractivity contribution >= 4 is 80.2 Å². The molecular weight excluding hydrogens is 1080 g/mol. The molecule has 408 valence electrons. The van der Waals surface area contributed by atoms with E-state index in [0.29, 0.717) is 105 Å². The highest BCUT2D eigenvalue weighted by atomic mass is 35.5. The summed E-state index contributed by atoms with van der Waals surface area (Å²) < 4.78 is 80.5. The van der Waals surface area contributed by atoms with Gasteiger partial charge in [-0.15, -0.1) is 11.8 Å². The van der Waals surface area contributed by atoms with E-state index < -0.39 is 26.2 Å². The van der Waals surface area contributed by atoms with Crippen molar-refractivity contribution in [3.63, 3.8) is 0 Å². The normalized spacial score (nSPS) is 15.0. The molecule has 1 aromatic heterocycles.